The molecule has 2 rings (SSSR count). The first-order valence-electron chi connectivity index (χ1n) is 5.82. The van der Waals surface area contributed by atoms with E-state index >= 15 is 0 Å². The fraction of sp³-hybridized carbons (Fsp3) is 0.250. The molecule has 0 bridgehead atoms. The number of thiazole rings is 1. The molecule has 0 spiro atoms. The number of hydrogen-bond donors (Lipinski definition) is 3. The van der Waals surface area contributed by atoms with Crippen LogP contribution in [0.15, 0.2) is 39.3 Å². The third-order valence-corrected chi connectivity index (χ3v) is 5.78. The third kappa shape index (κ3) is 3.15. The number of benzene rings is 1. The minimum Gasteiger partial charge on any atom is -0.394 e. The van der Waals surface area contributed by atoms with Crippen LogP contribution in [0, 0.1) is 6.92 Å². The van der Waals surface area contributed by atoms with Crippen LogP contribution in [0.5, 0.6) is 0 Å². The smallest absolute Gasteiger partial charge is 0.305 e. The van der Waals surface area contributed by atoms with Gasteiger partial charge in [0.05, 0.1) is 12.6 Å². The van der Waals surface area contributed by atoms with Crippen molar-refractivity contribution in [3.63, 3.8) is 0 Å². The number of aryl methyl sites for hydroxylation is 1. The maximum absolute atomic E-state index is 12.2. The molecular formula is C12H14N2O4S2. The number of hydrogen-bond acceptors (Lipinski definition) is 5. The molecule has 0 aliphatic heterocycles. The third-order valence-electron chi connectivity index (χ3n) is 2.71. The van der Waals surface area contributed by atoms with Gasteiger partial charge in [0, 0.05) is 5.69 Å². The Morgan fingerprint density at radius 2 is 2.00 bits per heavy atom. The second kappa shape index (κ2) is 5.88. The molecule has 1 heterocycles. The summed E-state index contributed by atoms with van der Waals surface area (Å²) in [7, 11) is -3.85. The van der Waals surface area contributed by atoms with Gasteiger partial charge in [-0.3, -0.25) is 4.79 Å². The van der Waals surface area contributed by atoms with E-state index < -0.39 is 20.9 Å². The van der Waals surface area contributed by atoms with Crippen LogP contribution in [0.2, 0.25) is 0 Å². The van der Waals surface area contributed by atoms with Gasteiger partial charge < -0.3 is 10.1 Å². The lowest BCUT2D eigenvalue weighted by Gasteiger charge is -2.16. The van der Waals surface area contributed by atoms with E-state index in [9.17, 15) is 18.3 Å². The normalized spacial score (nSPS) is 13.3. The first-order valence-corrected chi connectivity index (χ1v) is 8.12. The van der Waals surface area contributed by atoms with Gasteiger partial charge in [-0.25, -0.2) is 13.1 Å². The zero-order valence-corrected chi connectivity index (χ0v) is 12.3. The van der Waals surface area contributed by atoms with Crippen LogP contribution in [-0.4, -0.2) is 25.1 Å². The largest absolute Gasteiger partial charge is 0.394 e. The number of H-pyrrole nitrogens is 1. The Kier molecular flexibility index (Phi) is 4.39. The van der Waals surface area contributed by atoms with E-state index in [4.69, 9.17) is 0 Å². The van der Waals surface area contributed by atoms with Gasteiger partial charge in [0.25, 0.3) is 10.0 Å². The van der Waals surface area contributed by atoms with Crippen molar-refractivity contribution in [1.82, 2.24) is 9.71 Å². The summed E-state index contributed by atoms with van der Waals surface area (Å²) in [6.45, 7) is 1.14. The summed E-state index contributed by atoms with van der Waals surface area (Å²) in [5, 5.41) is 9.37. The molecule has 20 heavy (non-hydrogen) atoms. The maximum atomic E-state index is 12.2. The molecule has 1 aromatic heterocycles. The molecule has 6 nitrogen and oxygen atoms in total. The van der Waals surface area contributed by atoms with Crippen LogP contribution in [0.25, 0.3) is 0 Å². The quantitative estimate of drug-likeness (QED) is 0.758. The molecule has 0 aliphatic rings. The van der Waals surface area contributed by atoms with Crippen LogP contribution in [0.4, 0.5) is 0 Å². The highest BCUT2D eigenvalue weighted by Crippen LogP contribution is 2.20. The maximum Gasteiger partial charge on any atom is 0.305 e. The number of aliphatic hydroxyl groups excluding tert-OH is 1. The molecule has 8 heteroatoms. The van der Waals surface area contributed by atoms with Gasteiger partial charge in [0.2, 0.25) is 0 Å². The van der Waals surface area contributed by atoms with Crippen molar-refractivity contribution in [2.45, 2.75) is 17.2 Å². The van der Waals surface area contributed by atoms with E-state index in [-0.39, 0.29) is 16.5 Å². The van der Waals surface area contributed by atoms with Gasteiger partial charge in [0.1, 0.15) is 0 Å². The molecule has 0 radical (unpaired) electrons. The molecule has 1 unspecified atom stereocenters. The number of nitrogens with one attached hydrogen (secondary N) is 2. The molecule has 0 aliphatic carbocycles. The molecule has 108 valence electrons. The van der Waals surface area contributed by atoms with Gasteiger partial charge >= 0.3 is 4.87 Å². The van der Waals surface area contributed by atoms with Crippen molar-refractivity contribution in [3.8, 4) is 0 Å². The van der Waals surface area contributed by atoms with E-state index in [2.05, 4.69) is 9.71 Å². The fourth-order valence-electron chi connectivity index (χ4n) is 1.78. The van der Waals surface area contributed by atoms with E-state index in [0.29, 0.717) is 16.9 Å². The summed E-state index contributed by atoms with van der Waals surface area (Å²) in [6, 6.07) is 8.00. The highest BCUT2D eigenvalue weighted by atomic mass is 32.2. The lowest BCUT2D eigenvalue weighted by atomic mass is 10.1. The number of sulfonamides is 1. The van der Waals surface area contributed by atoms with Crippen molar-refractivity contribution < 1.29 is 13.5 Å². The highest BCUT2D eigenvalue weighted by molar-refractivity contribution is 7.91. The molecule has 1 atom stereocenters. The summed E-state index contributed by atoms with van der Waals surface area (Å²) in [5.41, 5.74) is 0.941. The molecule has 1 aromatic carbocycles. The van der Waals surface area contributed by atoms with E-state index in [1.54, 1.807) is 30.3 Å². The lowest BCUT2D eigenvalue weighted by Crippen LogP contribution is -2.30. The molecule has 0 saturated heterocycles. The highest BCUT2D eigenvalue weighted by Gasteiger charge is 2.24. The Morgan fingerprint density at radius 1 is 1.35 bits per heavy atom. The van der Waals surface area contributed by atoms with Crippen LogP contribution in [0.3, 0.4) is 0 Å². The summed E-state index contributed by atoms with van der Waals surface area (Å²) < 4.78 is 26.8. The summed E-state index contributed by atoms with van der Waals surface area (Å²) in [5.74, 6) is 0. The Morgan fingerprint density at radius 3 is 2.50 bits per heavy atom. The van der Waals surface area contributed by atoms with Crippen LogP contribution < -0.4 is 9.60 Å². The standard InChI is InChI=1S/C12H14N2O4S2/c1-8-11(19-12(16)13-8)20(17,18)14-10(7-15)9-5-3-2-4-6-9/h2-6,10,14-15H,7H2,1H3,(H,13,16). The minimum absolute atomic E-state index is 0.0584. The fourth-order valence-corrected chi connectivity index (χ4v) is 4.32. The number of aliphatic hydroxyl groups is 1. The SMILES string of the molecule is Cc1[nH]c(=O)sc1S(=O)(=O)NC(CO)c1ccccc1. The average Bonchev–Trinajstić information content (AvgIpc) is 2.77. The van der Waals surface area contributed by atoms with E-state index in [0.717, 1.165) is 0 Å². The van der Waals surface area contributed by atoms with Crippen LogP contribution in [0.1, 0.15) is 17.3 Å². The van der Waals surface area contributed by atoms with Crippen LogP contribution in [-0.2, 0) is 10.0 Å². The minimum atomic E-state index is -3.85. The monoisotopic (exact) mass is 314 g/mol. The molecule has 0 amide bonds. The van der Waals surface area contributed by atoms with E-state index in [1.807, 2.05) is 0 Å². The zero-order valence-electron chi connectivity index (χ0n) is 10.7. The first kappa shape index (κ1) is 14.9. The molecule has 0 fully saturated rings. The Hall–Kier alpha value is -1.48. The first-order chi connectivity index (χ1) is 9.44. The molecule has 0 saturated carbocycles. The predicted octanol–water partition coefficient (Wildman–Crippen LogP) is 0.757. The average molecular weight is 314 g/mol. The summed E-state index contributed by atoms with van der Waals surface area (Å²) in [4.78, 5) is 13.2. The Bertz CT molecular complexity index is 734. The summed E-state index contributed by atoms with van der Waals surface area (Å²) in [6.07, 6.45) is 0. The van der Waals surface area contributed by atoms with Crippen molar-refractivity contribution in [3.05, 3.63) is 51.3 Å². The van der Waals surface area contributed by atoms with E-state index in [1.165, 1.54) is 6.92 Å². The van der Waals surface area contributed by atoms with Gasteiger partial charge in [0.15, 0.2) is 4.21 Å². The molecule has 3 N–H and O–H groups in total. The second-order valence-electron chi connectivity index (χ2n) is 4.19. The number of aromatic amines is 1. The second-order valence-corrected chi connectivity index (χ2v) is 7.09. The van der Waals surface area contributed by atoms with Crippen molar-refractivity contribution in [2.24, 2.45) is 0 Å². The molecule has 2 aromatic rings. The van der Waals surface area contributed by atoms with Gasteiger partial charge in [-0.2, -0.15) is 0 Å². The topological polar surface area (TPSA) is 99.3 Å². The zero-order chi connectivity index (χ0) is 14.8. The Labute approximate surface area is 120 Å². The van der Waals surface area contributed by atoms with Crippen molar-refractivity contribution >= 4 is 21.4 Å². The summed E-state index contributed by atoms with van der Waals surface area (Å²) >= 11 is 0.626. The number of aromatic nitrogens is 1. The lowest BCUT2D eigenvalue weighted by molar-refractivity contribution is 0.259. The number of rotatable bonds is 5. The van der Waals surface area contributed by atoms with Crippen molar-refractivity contribution in [1.29, 1.82) is 0 Å². The predicted molar refractivity (Wildman–Crippen MR) is 76.3 cm³/mol. The van der Waals surface area contributed by atoms with Gasteiger partial charge in [-0.1, -0.05) is 41.7 Å². The van der Waals surface area contributed by atoms with Gasteiger partial charge in [-0.05, 0) is 12.5 Å². The van der Waals surface area contributed by atoms with Gasteiger partial charge in [-0.15, -0.1) is 0 Å². The Balaban J connectivity index is 2.32. The van der Waals surface area contributed by atoms with Crippen LogP contribution >= 0.6 is 11.3 Å². The molecular weight excluding hydrogens is 300 g/mol. The van der Waals surface area contributed by atoms with Crippen molar-refractivity contribution in [2.75, 3.05) is 6.61 Å².